The van der Waals surface area contributed by atoms with E-state index in [4.69, 9.17) is 37.8 Å². The fraction of sp³-hybridized carbons (Fsp3) is 0.552. The topological polar surface area (TPSA) is 151 Å². The summed E-state index contributed by atoms with van der Waals surface area (Å²) in [5, 5.41) is 19.5. The molecule has 11 nitrogen and oxygen atoms in total. The van der Waals surface area contributed by atoms with E-state index in [2.05, 4.69) is 15.9 Å². The minimum atomic E-state index is -2.00. The van der Waals surface area contributed by atoms with Gasteiger partial charge in [-0.1, -0.05) is 34.0 Å². The monoisotopic (exact) mass is 700 g/mol. The van der Waals surface area contributed by atoms with Gasteiger partial charge in [0.1, 0.15) is 0 Å². The minimum Gasteiger partial charge on any atom is -0.502 e. The zero-order chi connectivity index (χ0) is 31.4. The van der Waals surface area contributed by atoms with Crippen LogP contribution in [0.2, 0.25) is 0 Å². The highest BCUT2D eigenvalue weighted by atomic mass is 79.9. The Morgan fingerprint density at radius 3 is 2.23 bits per heavy atom. The number of alkyl halides is 3. The van der Waals surface area contributed by atoms with Gasteiger partial charge in [-0.05, 0) is 49.3 Å². The SMILES string of the molecule is COc1cc(C2C3=CCC4C(=O)N(CCCCCC(=O)O)C(=O)C4C3CC3(Cl)C(=O)N(CBr)C(=O)C23Cl)cc(OC)c1O. The number of allylic oxidation sites excluding steroid dienone is 2. The van der Waals surface area contributed by atoms with Crippen LogP contribution in [-0.4, -0.2) is 85.6 Å². The van der Waals surface area contributed by atoms with E-state index in [-0.39, 0.29) is 60.3 Å². The number of carbonyl (C=O) groups excluding carboxylic acids is 4. The number of aromatic hydroxyl groups is 1. The molecular weight excluding hydrogens is 671 g/mol. The predicted octanol–water partition coefficient (Wildman–Crippen LogP) is 3.77. The molecule has 0 aromatic heterocycles. The molecule has 2 heterocycles. The number of aliphatic carboxylic acids is 1. The van der Waals surface area contributed by atoms with Gasteiger partial charge in [0.05, 0.1) is 31.5 Å². The normalized spacial score (nSPS) is 31.5. The lowest BCUT2D eigenvalue weighted by molar-refractivity contribution is -0.141. The van der Waals surface area contributed by atoms with Crippen LogP contribution in [0.1, 0.15) is 50.0 Å². The zero-order valence-corrected chi connectivity index (χ0v) is 26.6. The number of phenols is 1. The van der Waals surface area contributed by atoms with E-state index in [1.165, 1.54) is 31.3 Å². The summed E-state index contributed by atoms with van der Waals surface area (Å²) in [5.41, 5.74) is 0.834. The number of amides is 4. The summed E-state index contributed by atoms with van der Waals surface area (Å²) in [5.74, 6) is -6.45. The van der Waals surface area contributed by atoms with E-state index < -0.39 is 51.2 Å². The van der Waals surface area contributed by atoms with Crippen LogP contribution < -0.4 is 9.47 Å². The van der Waals surface area contributed by atoms with E-state index in [1.807, 2.05) is 6.08 Å². The number of halogens is 3. The summed E-state index contributed by atoms with van der Waals surface area (Å²) < 4.78 is 10.7. The van der Waals surface area contributed by atoms with E-state index >= 15 is 0 Å². The first-order chi connectivity index (χ1) is 20.4. The third-order valence-corrected chi connectivity index (χ3v) is 11.1. The van der Waals surface area contributed by atoms with Crippen LogP contribution in [-0.2, 0) is 24.0 Å². The Balaban J connectivity index is 1.59. The van der Waals surface area contributed by atoms with Crippen molar-refractivity contribution >= 4 is 68.7 Å². The second-order valence-corrected chi connectivity index (χ2v) is 13.0. The van der Waals surface area contributed by atoms with Crippen molar-refractivity contribution in [1.29, 1.82) is 0 Å². The number of carboxylic acid groups (broad SMARTS) is 1. The molecule has 3 fully saturated rings. The highest BCUT2D eigenvalue weighted by molar-refractivity contribution is 9.09. The van der Waals surface area contributed by atoms with Gasteiger partial charge in [0.15, 0.2) is 21.2 Å². The largest absolute Gasteiger partial charge is 0.502 e. The molecule has 43 heavy (non-hydrogen) atoms. The van der Waals surface area contributed by atoms with Crippen LogP contribution in [0.5, 0.6) is 17.2 Å². The Hall–Kier alpha value is -2.83. The Kier molecular flexibility index (Phi) is 8.51. The van der Waals surface area contributed by atoms with Crippen molar-refractivity contribution in [2.45, 2.75) is 54.2 Å². The lowest BCUT2D eigenvalue weighted by Crippen LogP contribution is -2.60. The van der Waals surface area contributed by atoms with Gasteiger partial charge in [-0.3, -0.25) is 33.8 Å². The molecule has 2 aliphatic heterocycles. The van der Waals surface area contributed by atoms with Gasteiger partial charge in [-0.25, -0.2) is 0 Å². The number of imide groups is 2. The van der Waals surface area contributed by atoms with Gasteiger partial charge < -0.3 is 19.7 Å². The molecule has 5 rings (SSSR count). The first-order valence-corrected chi connectivity index (χ1v) is 15.8. The van der Waals surface area contributed by atoms with Crippen LogP contribution in [0.3, 0.4) is 0 Å². The summed E-state index contributed by atoms with van der Waals surface area (Å²) in [6.07, 6.45) is 3.32. The molecule has 1 saturated carbocycles. The van der Waals surface area contributed by atoms with Crippen LogP contribution in [0.25, 0.3) is 0 Å². The Morgan fingerprint density at radius 2 is 1.65 bits per heavy atom. The number of methoxy groups -OCH3 is 2. The zero-order valence-electron chi connectivity index (χ0n) is 23.5. The van der Waals surface area contributed by atoms with Crippen molar-refractivity contribution in [3.8, 4) is 17.2 Å². The summed E-state index contributed by atoms with van der Waals surface area (Å²) in [7, 11) is 2.70. The Labute approximate surface area is 266 Å². The second kappa shape index (κ2) is 11.6. The molecule has 0 spiro atoms. The van der Waals surface area contributed by atoms with Crippen LogP contribution in [0.4, 0.5) is 0 Å². The van der Waals surface area contributed by atoms with Gasteiger partial charge in [0.25, 0.3) is 11.8 Å². The van der Waals surface area contributed by atoms with Crippen molar-refractivity contribution in [3.63, 3.8) is 0 Å². The van der Waals surface area contributed by atoms with Crippen molar-refractivity contribution in [2.24, 2.45) is 17.8 Å². The number of carboxylic acids is 1. The molecule has 0 bridgehead atoms. The molecule has 14 heteroatoms. The maximum atomic E-state index is 13.9. The van der Waals surface area contributed by atoms with Crippen LogP contribution >= 0.6 is 39.1 Å². The highest BCUT2D eigenvalue weighted by Gasteiger charge is 2.76. The molecule has 6 unspecified atom stereocenters. The van der Waals surface area contributed by atoms with E-state index in [0.29, 0.717) is 30.4 Å². The molecule has 4 amide bonds. The van der Waals surface area contributed by atoms with E-state index in [9.17, 15) is 29.1 Å². The van der Waals surface area contributed by atoms with E-state index in [1.54, 1.807) is 0 Å². The van der Waals surface area contributed by atoms with Crippen molar-refractivity contribution in [2.75, 3.05) is 26.2 Å². The third kappa shape index (κ3) is 4.63. The summed E-state index contributed by atoms with van der Waals surface area (Å²) in [6.45, 7) is 0.155. The van der Waals surface area contributed by atoms with Crippen molar-refractivity contribution < 1.29 is 43.7 Å². The number of ether oxygens (including phenoxy) is 2. The average Bonchev–Trinajstić information content (AvgIpc) is 3.30. The molecule has 1 aromatic rings. The smallest absolute Gasteiger partial charge is 0.303 e. The summed E-state index contributed by atoms with van der Waals surface area (Å²) >= 11 is 17.7. The molecule has 0 radical (unpaired) electrons. The third-order valence-electron chi connectivity index (χ3n) is 9.21. The number of hydrogen-bond acceptors (Lipinski definition) is 8. The average molecular weight is 702 g/mol. The van der Waals surface area contributed by atoms with Crippen molar-refractivity contribution in [3.05, 3.63) is 29.3 Å². The van der Waals surface area contributed by atoms with Crippen LogP contribution in [0, 0.1) is 17.8 Å². The lowest BCUT2D eigenvalue weighted by Gasteiger charge is -2.50. The number of phenolic OH excluding ortho intramolecular Hbond substituents is 1. The number of hydrogen-bond donors (Lipinski definition) is 2. The molecule has 4 aliphatic rings. The molecule has 2 saturated heterocycles. The summed E-state index contributed by atoms with van der Waals surface area (Å²) in [4.78, 5) is 64.0. The number of benzene rings is 1. The second-order valence-electron chi connectivity index (χ2n) is 11.3. The van der Waals surface area contributed by atoms with Gasteiger partial charge in [-0.15, -0.1) is 23.2 Å². The van der Waals surface area contributed by atoms with Gasteiger partial charge >= 0.3 is 5.97 Å². The first kappa shape index (κ1) is 31.6. The molecule has 232 valence electrons. The predicted molar refractivity (Wildman–Crippen MR) is 157 cm³/mol. The molecule has 1 aromatic carbocycles. The number of unbranched alkanes of at least 4 members (excludes halogenated alkanes) is 2. The quantitative estimate of drug-likeness (QED) is 0.122. The van der Waals surface area contributed by atoms with Gasteiger partial charge in [-0.2, -0.15) is 0 Å². The number of carbonyl (C=O) groups is 5. The number of nitrogens with zero attached hydrogens (tertiary/aromatic N) is 2. The van der Waals surface area contributed by atoms with Gasteiger partial charge in [0, 0.05) is 18.9 Å². The molecule has 2 N–H and O–H groups in total. The standard InChI is InChI=1S/C29H31BrCl2N2O9/c1-42-18-10-14(11-19(43-2)23(18)37)22-15-7-8-16-21(25(39)33(24(16)38)9-5-3-4-6-20(35)36)17(15)12-28(31)26(40)34(13-30)27(41)29(22,28)32/h7,10-11,16-17,21-22,37H,3-6,8-9,12-13H2,1-2H3,(H,35,36). The number of fused-ring (bicyclic) bond motifs is 4. The minimum absolute atomic E-state index is 0.00681. The number of rotatable bonds is 10. The Bertz CT molecular complexity index is 1410. The Morgan fingerprint density at radius 1 is 1.00 bits per heavy atom. The maximum Gasteiger partial charge on any atom is 0.303 e. The molecule has 2 aliphatic carbocycles. The lowest BCUT2D eigenvalue weighted by atomic mass is 9.56. The van der Waals surface area contributed by atoms with Crippen molar-refractivity contribution in [1.82, 2.24) is 9.80 Å². The summed E-state index contributed by atoms with van der Waals surface area (Å²) in [6, 6.07) is 3.00. The van der Waals surface area contributed by atoms with E-state index in [0.717, 1.165) is 4.90 Å². The fourth-order valence-corrected chi connectivity index (χ4v) is 8.64. The maximum absolute atomic E-state index is 13.9. The van der Waals surface area contributed by atoms with Gasteiger partial charge in [0.2, 0.25) is 17.6 Å². The fourth-order valence-electron chi connectivity index (χ4n) is 7.22. The van der Waals surface area contributed by atoms with Crippen LogP contribution in [0.15, 0.2) is 23.8 Å². The molecular formula is C29H31BrCl2N2O9. The first-order valence-electron chi connectivity index (χ1n) is 13.9. The number of likely N-dealkylation sites (tertiary alicyclic amines) is 2. The molecule has 6 atom stereocenters. The highest BCUT2D eigenvalue weighted by Crippen LogP contribution is 2.66.